The van der Waals surface area contributed by atoms with Crippen LogP contribution >= 0.6 is 0 Å². The molecule has 2 unspecified atom stereocenters. The van der Waals surface area contributed by atoms with Crippen LogP contribution in [0.4, 0.5) is 5.69 Å². The number of aliphatic hydroxyl groups excluding tert-OH is 1. The first-order valence-electron chi connectivity index (χ1n) is 8.01. The number of amides is 1. The molecule has 2 aromatic carbocycles. The molecule has 0 fully saturated rings. The van der Waals surface area contributed by atoms with E-state index in [0.717, 1.165) is 29.8 Å². The van der Waals surface area contributed by atoms with E-state index in [1.807, 2.05) is 43.3 Å². The number of carbonyl (C=O) groups is 1. The maximum absolute atomic E-state index is 11.4. The SMILES string of the molecule is CC(NCc1ccccc1)C(O)c1ccc2c(c1)CCC(=O)N2. The topological polar surface area (TPSA) is 61.4 Å². The van der Waals surface area contributed by atoms with Gasteiger partial charge in [0.05, 0.1) is 6.10 Å². The molecule has 0 saturated heterocycles. The molecule has 0 bridgehead atoms. The number of benzene rings is 2. The molecule has 1 aliphatic rings. The Hall–Kier alpha value is -2.17. The van der Waals surface area contributed by atoms with E-state index < -0.39 is 6.10 Å². The third kappa shape index (κ3) is 3.78. The van der Waals surface area contributed by atoms with Crippen LogP contribution in [0.25, 0.3) is 0 Å². The summed E-state index contributed by atoms with van der Waals surface area (Å²) in [5, 5.41) is 16.8. The van der Waals surface area contributed by atoms with E-state index in [0.29, 0.717) is 6.42 Å². The minimum atomic E-state index is -0.582. The molecule has 3 rings (SSSR count). The molecule has 1 aliphatic heterocycles. The Morgan fingerprint density at radius 2 is 1.96 bits per heavy atom. The van der Waals surface area contributed by atoms with Crippen molar-refractivity contribution in [2.75, 3.05) is 5.32 Å². The zero-order valence-electron chi connectivity index (χ0n) is 13.3. The minimum absolute atomic E-state index is 0.0590. The highest BCUT2D eigenvalue weighted by molar-refractivity contribution is 5.93. The normalized spacial score (nSPS) is 16.3. The van der Waals surface area contributed by atoms with Crippen molar-refractivity contribution in [3.05, 3.63) is 65.2 Å². The Morgan fingerprint density at radius 3 is 2.74 bits per heavy atom. The first-order chi connectivity index (χ1) is 11.1. The summed E-state index contributed by atoms with van der Waals surface area (Å²) in [7, 11) is 0. The Bertz CT molecular complexity index is 685. The Balaban J connectivity index is 1.65. The number of carbonyl (C=O) groups excluding carboxylic acids is 1. The second-order valence-electron chi connectivity index (χ2n) is 6.06. The zero-order valence-corrected chi connectivity index (χ0v) is 13.3. The van der Waals surface area contributed by atoms with Gasteiger partial charge < -0.3 is 15.7 Å². The fourth-order valence-corrected chi connectivity index (χ4v) is 2.86. The quantitative estimate of drug-likeness (QED) is 0.796. The van der Waals surface area contributed by atoms with Gasteiger partial charge in [-0.2, -0.15) is 0 Å². The molecule has 1 amide bonds. The number of aliphatic hydroxyl groups is 1. The average Bonchev–Trinajstić information content (AvgIpc) is 2.59. The molecule has 4 heteroatoms. The Labute approximate surface area is 136 Å². The van der Waals surface area contributed by atoms with Crippen LogP contribution in [0.15, 0.2) is 48.5 Å². The van der Waals surface area contributed by atoms with Crippen LogP contribution in [0.2, 0.25) is 0 Å². The minimum Gasteiger partial charge on any atom is -0.387 e. The summed E-state index contributed by atoms with van der Waals surface area (Å²) in [5.41, 5.74) is 4.03. The number of hydrogen-bond acceptors (Lipinski definition) is 3. The van der Waals surface area contributed by atoms with Gasteiger partial charge in [0.15, 0.2) is 0 Å². The van der Waals surface area contributed by atoms with Crippen LogP contribution in [0.1, 0.15) is 36.1 Å². The number of nitrogens with one attached hydrogen (secondary N) is 2. The summed E-state index contributed by atoms with van der Waals surface area (Å²) < 4.78 is 0. The van der Waals surface area contributed by atoms with Crippen LogP contribution in [0, 0.1) is 0 Å². The third-order valence-electron chi connectivity index (χ3n) is 4.31. The Morgan fingerprint density at radius 1 is 1.17 bits per heavy atom. The van der Waals surface area contributed by atoms with E-state index in [1.54, 1.807) is 0 Å². The lowest BCUT2D eigenvalue weighted by Gasteiger charge is -2.23. The van der Waals surface area contributed by atoms with Gasteiger partial charge in [-0.05, 0) is 36.1 Å². The van der Waals surface area contributed by atoms with Crippen molar-refractivity contribution < 1.29 is 9.90 Å². The van der Waals surface area contributed by atoms with Crippen molar-refractivity contribution in [1.82, 2.24) is 5.32 Å². The van der Waals surface area contributed by atoms with Gasteiger partial charge >= 0.3 is 0 Å². The molecule has 1 heterocycles. The van der Waals surface area contributed by atoms with Crippen molar-refractivity contribution in [3.63, 3.8) is 0 Å². The van der Waals surface area contributed by atoms with E-state index in [4.69, 9.17) is 0 Å². The van der Waals surface area contributed by atoms with Crippen LogP contribution in [-0.4, -0.2) is 17.1 Å². The standard InChI is InChI=1S/C19H22N2O2/c1-13(20-12-14-5-3-2-4-6-14)19(23)16-7-9-17-15(11-16)8-10-18(22)21-17/h2-7,9,11,13,19-20,23H,8,10,12H2,1H3,(H,21,22). The van der Waals surface area contributed by atoms with Crippen molar-refractivity contribution in [1.29, 1.82) is 0 Å². The molecular weight excluding hydrogens is 288 g/mol. The molecule has 0 radical (unpaired) electrons. The molecule has 0 aromatic heterocycles. The lowest BCUT2D eigenvalue weighted by Crippen LogP contribution is -2.32. The highest BCUT2D eigenvalue weighted by Gasteiger charge is 2.20. The fraction of sp³-hybridized carbons (Fsp3) is 0.316. The highest BCUT2D eigenvalue weighted by atomic mass is 16.3. The van der Waals surface area contributed by atoms with E-state index >= 15 is 0 Å². The second kappa shape index (κ2) is 6.94. The lowest BCUT2D eigenvalue weighted by atomic mass is 9.96. The molecule has 0 saturated carbocycles. The smallest absolute Gasteiger partial charge is 0.224 e. The molecule has 23 heavy (non-hydrogen) atoms. The molecule has 0 spiro atoms. The predicted octanol–water partition coefficient (Wildman–Crippen LogP) is 2.78. The van der Waals surface area contributed by atoms with E-state index in [9.17, 15) is 9.90 Å². The van der Waals surface area contributed by atoms with Crippen LogP contribution in [-0.2, 0) is 17.8 Å². The fourth-order valence-electron chi connectivity index (χ4n) is 2.86. The third-order valence-corrected chi connectivity index (χ3v) is 4.31. The molecule has 2 atom stereocenters. The molecule has 2 aromatic rings. The van der Waals surface area contributed by atoms with Crippen molar-refractivity contribution >= 4 is 11.6 Å². The first-order valence-corrected chi connectivity index (χ1v) is 8.01. The molecule has 0 aliphatic carbocycles. The summed E-state index contributed by atoms with van der Waals surface area (Å²) in [6.07, 6.45) is 0.656. The predicted molar refractivity (Wildman–Crippen MR) is 91.1 cm³/mol. The van der Waals surface area contributed by atoms with Crippen molar-refractivity contribution in [2.24, 2.45) is 0 Å². The van der Waals surface area contributed by atoms with Gasteiger partial charge in [-0.25, -0.2) is 0 Å². The summed E-state index contributed by atoms with van der Waals surface area (Å²) in [4.78, 5) is 11.4. The van der Waals surface area contributed by atoms with Gasteiger partial charge in [0, 0.05) is 24.7 Å². The molecule has 120 valence electrons. The number of rotatable bonds is 5. The average molecular weight is 310 g/mol. The summed E-state index contributed by atoms with van der Waals surface area (Å²) in [6, 6.07) is 15.8. The highest BCUT2D eigenvalue weighted by Crippen LogP contribution is 2.27. The first kappa shape index (κ1) is 15.7. The van der Waals surface area contributed by atoms with Gasteiger partial charge in [0.25, 0.3) is 0 Å². The molecular formula is C19H22N2O2. The van der Waals surface area contributed by atoms with Gasteiger partial charge in [0.2, 0.25) is 5.91 Å². The summed E-state index contributed by atoms with van der Waals surface area (Å²) in [6.45, 7) is 2.70. The van der Waals surface area contributed by atoms with Crippen LogP contribution < -0.4 is 10.6 Å². The summed E-state index contributed by atoms with van der Waals surface area (Å²) >= 11 is 0. The van der Waals surface area contributed by atoms with Crippen molar-refractivity contribution in [2.45, 2.75) is 38.5 Å². The number of aryl methyl sites for hydroxylation is 1. The monoisotopic (exact) mass is 310 g/mol. The number of anilines is 1. The number of hydrogen-bond donors (Lipinski definition) is 3. The zero-order chi connectivity index (χ0) is 16.2. The Kier molecular flexibility index (Phi) is 4.74. The largest absolute Gasteiger partial charge is 0.387 e. The molecule has 3 N–H and O–H groups in total. The second-order valence-corrected chi connectivity index (χ2v) is 6.06. The van der Waals surface area contributed by atoms with Gasteiger partial charge in [0.1, 0.15) is 0 Å². The van der Waals surface area contributed by atoms with Crippen LogP contribution in [0.5, 0.6) is 0 Å². The van der Waals surface area contributed by atoms with Gasteiger partial charge in [-0.3, -0.25) is 4.79 Å². The maximum atomic E-state index is 11.4. The van der Waals surface area contributed by atoms with E-state index in [1.165, 1.54) is 5.56 Å². The maximum Gasteiger partial charge on any atom is 0.224 e. The molecule has 4 nitrogen and oxygen atoms in total. The number of fused-ring (bicyclic) bond motifs is 1. The lowest BCUT2D eigenvalue weighted by molar-refractivity contribution is -0.116. The van der Waals surface area contributed by atoms with Gasteiger partial charge in [-0.15, -0.1) is 0 Å². The van der Waals surface area contributed by atoms with E-state index in [2.05, 4.69) is 22.8 Å². The van der Waals surface area contributed by atoms with Crippen LogP contribution in [0.3, 0.4) is 0 Å². The summed E-state index contributed by atoms with van der Waals surface area (Å²) in [5.74, 6) is 0.0590. The van der Waals surface area contributed by atoms with Crippen molar-refractivity contribution in [3.8, 4) is 0 Å². The van der Waals surface area contributed by atoms with Gasteiger partial charge in [-0.1, -0.05) is 42.5 Å². The van der Waals surface area contributed by atoms with E-state index in [-0.39, 0.29) is 11.9 Å².